The molecule has 0 aliphatic carbocycles. The van der Waals surface area contributed by atoms with Crippen LogP contribution in [0.25, 0.3) is 0 Å². The van der Waals surface area contributed by atoms with Crippen molar-refractivity contribution in [3.05, 3.63) is 0 Å². The summed E-state index contributed by atoms with van der Waals surface area (Å²) in [5.41, 5.74) is 0. The first-order valence-corrected chi connectivity index (χ1v) is 6.98. The number of rotatable bonds is 7. The zero-order valence-corrected chi connectivity index (χ0v) is 16.2. The van der Waals surface area contributed by atoms with Gasteiger partial charge in [0.05, 0.1) is 5.75 Å². The van der Waals surface area contributed by atoms with E-state index in [4.69, 9.17) is 0 Å². The Balaban J connectivity index is -0.00000288. The summed E-state index contributed by atoms with van der Waals surface area (Å²) in [6, 6.07) is 0. The van der Waals surface area contributed by atoms with Crippen molar-refractivity contribution in [2.45, 2.75) is 42.9 Å². The molecule has 0 bridgehead atoms. The van der Waals surface area contributed by atoms with E-state index in [1.165, 1.54) is 0 Å². The molecule has 0 aromatic heterocycles. The van der Waals surface area contributed by atoms with Gasteiger partial charge in [-0.2, -0.15) is 69.7 Å². The van der Waals surface area contributed by atoms with Crippen molar-refractivity contribution in [3.8, 4) is 0 Å². The van der Waals surface area contributed by atoms with E-state index >= 15 is 0 Å². The Morgan fingerprint density at radius 1 is 0.692 bits per heavy atom. The molecule has 0 amide bonds. The average Bonchev–Trinajstić information content (AvgIpc) is 2.35. The summed E-state index contributed by atoms with van der Waals surface area (Å²) in [7, 11) is -5.75. The molecule has 26 heavy (non-hydrogen) atoms. The minimum absolute atomic E-state index is 0. The van der Waals surface area contributed by atoms with Crippen LogP contribution in [-0.4, -0.2) is 50.1 Å². The first-order chi connectivity index (χ1) is 10.5. The molecule has 18 heteroatoms. The molecule has 0 aromatic carbocycles. The Morgan fingerprint density at radius 2 is 1.00 bits per heavy atom. The predicted molar refractivity (Wildman–Crippen MR) is 52.4 cm³/mol. The monoisotopic (exact) mass is 468 g/mol. The van der Waals surface area contributed by atoms with Gasteiger partial charge in [0.25, 0.3) is 10.1 Å². The predicted octanol–water partition coefficient (Wildman–Crippen LogP) is 1.17. The van der Waals surface area contributed by atoms with Gasteiger partial charge in [0.15, 0.2) is 0 Å². The van der Waals surface area contributed by atoms with Crippen molar-refractivity contribution in [1.29, 1.82) is 0 Å². The van der Waals surface area contributed by atoms with E-state index < -0.39 is 51.8 Å². The standard InChI is InChI=1S/C8H5F13O3S.K.H/c1-2-25(22,23)24-8(20,21)6(15,16)4(11,12)3(9,10)5(13,14)7(17,18)19;;/h2H2,1H3;;/q;+1;-1. The minimum atomic E-state index is -8.11. The Hall–Kier alpha value is 0.636. The molecular weight excluding hydrogens is 462 g/mol. The van der Waals surface area contributed by atoms with Gasteiger partial charge in [-0.3, -0.25) is 0 Å². The summed E-state index contributed by atoms with van der Waals surface area (Å²) >= 11 is 0. The van der Waals surface area contributed by atoms with Crippen molar-refractivity contribution in [2.24, 2.45) is 0 Å². The summed E-state index contributed by atoms with van der Waals surface area (Å²) in [5.74, 6) is -33.5. The summed E-state index contributed by atoms with van der Waals surface area (Å²) in [6.07, 6.45) is -14.6. The van der Waals surface area contributed by atoms with E-state index in [0.717, 1.165) is 0 Å². The topological polar surface area (TPSA) is 43.4 Å². The molecule has 3 nitrogen and oxygen atoms in total. The van der Waals surface area contributed by atoms with Gasteiger partial charge in [-0.15, -0.1) is 0 Å². The molecule has 154 valence electrons. The maximum Gasteiger partial charge on any atom is 1.00 e. The van der Waals surface area contributed by atoms with Gasteiger partial charge in [0.2, 0.25) is 0 Å². The van der Waals surface area contributed by atoms with Crippen LogP contribution < -0.4 is 51.4 Å². The molecule has 0 saturated carbocycles. The van der Waals surface area contributed by atoms with Crippen LogP contribution in [0.1, 0.15) is 8.35 Å². The van der Waals surface area contributed by atoms with Crippen molar-refractivity contribution in [3.63, 3.8) is 0 Å². The van der Waals surface area contributed by atoms with E-state index in [1.54, 1.807) is 0 Å². The summed E-state index contributed by atoms with van der Waals surface area (Å²) < 4.78 is 187. The Bertz CT molecular complexity index is 603. The van der Waals surface area contributed by atoms with Crippen LogP contribution in [-0.2, 0) is 14.3 Å². The van der Waals surface area contributed by atoms with Gasteiger partial charge in [0, 0.05) is 0 Å². The largest absolute Gasteiger partial charge is 1.00 e. The van der Waals surface area contributed by atoms with Gasteiger partial charge in [0.1, 0.15) is 0 Å². The fourth-order valence-corrected chi connectivity index (χ4v) is 1.57. The van der Waals surface area contributed by atoms with E-state index in [2.05, 4.69) is 4.18 Å². The first kappa shape index (κ1) is 28.8. The van der Waals surface area contributed by atoms with Crippen molar-refractivity contribution >= 4 is 10.1 Å². The van der Waals surface area contributed by atoms with E-state index in [1.807, 2.05) is 0 Å². The van der Waals surface area contributed by atoms with Gasteiger partial charge < -0.3 is 1.43 Å². The number of alkyl halides is 13. The third-order valence-electron chi connectivity index (χ3n) is 2.49. The maximum absolute atomic E-state index is 13.0. The average molecular weight is 468 g/mol. The second-order valence-corrected chi connectivity index (χ2v) is 6.10. The van der Waals surface area contributed by atoms with Crippen LogP contribution in [0.3, 0.4) is 0 Å². The van der Waals surface area contributed by atoms with Gasteiger partial charge in [-0.1, -0.05) is 0 Å². The fourth-order valence-electron chi connectivity index (χ4n) is 1.03. The third kappa shape index (κ3) is 4.61. The summed E-state index contributed by atoms with van der Waals surface area (Å²) in [6.45, 7) is 0.439. The van der Waals surface area contributed by atoms with Gasteiger partial charge >= 0.3 is 87.4 Å². The first-order valence-electron chi connectivity index (χ1n) is 5.41. The Labute approximate surface area is 180 Å². The summed E-state index contributed by atoms with van der Waals surface area (Å²) in [4.78, 5) is 0. The molecule has 0 spiro atoms. The normalized spacial score (nSPS) is 15.6. The molecule has 0 saturated heterocycles. The zero-order chi connectivity index (χ0) is 20.9. The van der Waals surface area contributed by atoms with Gasteiger partial charge in [-0.05, 0) is 6.92 Å². The molecule has 0 fully saturated rings. The fraction of sp³-hybridized carbons (Fsp3) is 1.00. The molecule has 0 unspecified atom stereocenters. The van der Waals surface area contributed by atoms with Crippen molar-refractivity contribution in [2.75, 3.05) is 5.75 Å². The number of hydrogen-bond acceptors (Lipinski definition) is 3. The molecule has 0 radical (unpaired) electrons. The second kappa shape index (κ2) is 7.81. The van der Waals surface area contributed by atoms with E-state index in [0.29, 0.717) is 6.92 Å². The molecule has 0 rings (SSSR count). The van der Waals surface area contributed by atoms with Crippen molar-refractivity contribution in [1.82, 2.24) is 0 Å². The van der Waals surface area contributed by atoms with Crippen molar-refractivity contribution < 1.29 is 122 Å². The molecule has 0 aliphatic heterocycles. The summed E-state index contributed by atoms with van der Waals surface area (Å²) in [5, 5.41) is 0. The molecule has 0 heterocycles. The maximum atomic E-state index is 13.0. The zero-order valence-electron chi connectivity index (χ0n) is 13.3. The smallest absolute Gasteiger partial charge is 1.00 e. The number of halogens is 13. The van der Waals surface area contributed by atoms with Crippen LogP contribution in [0.4, 0.5) is 57.1 Å². The molecule has 0 aromatic rings. The molecule has 0 atom stereocenters. The molecular formula is C8H6F13KO3S. The number of hydrogen-bond donors (Lipinski definition) is 0. The second-order valence-electron chi connectivity index (χ2n) is 4.24. The Morgan fingerprint density at radius 3 is 1.27 bits per heavy atom. The van der Waals surface area contributed by atoms with E-state index in [-0.39, 0.29) is 52.8 Å². The van der Waals surface area contributed by atoms with E-state index in [9.17, 15) is 65.5 Å². The van der Waals surface area contributed by atoms with Crippen LogP contribution in [0.5, 0.6) is 0 Å². The quantitative estimate of drug-likeness (QED) is 0.320. The Kier molecular flexibility index (Phi) is 8.66. The SMILES string of the molecule is CCS(=O)(=O)OC(F)(F)C(F)(F)C(F)(F)C(F)(F)C(F)(F)C(F)(F)F.[H-].[K+]. The minimum Gasteiger partial charge on any atom is -1.00 e. The molecule has 0 aliphatic rings. The third-order valence-corrected chi connectivity index (χ3v) is 3.66. The van der Waals surface area contributed by atoms with Crippen LogP contribution in [0.15, 0.2) is 0 Å². The van der Waals surface area contributed by atoms with Crippen LogP contribution >= 0.6 is 0 Å². The van der Waals surface area contributed by atoms with Crippen LogP contribution in [0, 0.1) is 0 Å². The molecule has 0 N–H and O–H groups in total. The van der Waals surface area contributed by atoms with Crippen LogP contribution in [0.2, 0.25) is 0 Å². The van der Waals surface area contributed by atoms with Gasteiger partial charge in [-0.25, -0.2) is 0 Å².